The Kier molecular flexibility index (Phi) is 3.45. The van der Waals surface area contributed by atoms with Gasteiger partial charge in [0.1, 0.15) is 9.28 Å². The summed E-state index contributed by atoms with van der Waals surface area (Å²) >= 11 is 0. The van der Waals surface area contributed by atoms with Crippen LogP contribution in [0.25, 0.3) is 0 Å². The van der Waals surface area contributed by atoms with Crippen molar-refractivity contribution in [2.75, 3.05) is 6.61 Å². The number of hydrogen-bond acceptors (Lipinski definition) is 1. The van der Waals surface area contributed by atoms with Gasteiger partial charge in [0.25, 0.3) is 0 Å². The summed E-state index contributed by atoms with van der Waals surface area (Å²) < 4.78 is 5.60. The van der Waals surface area contributed by atoms with Gasteiger partial charge in [0.05, 0.1) is 15.4 Å². The van der Waals surface area contributed by atoms with Crippen molar-refractivity contribution in [3.05, 3.63) is 36.8 Å². The highest BCUT2D eigenvalue weighted by Gasteiger charge is 2.38. The Morgan fingerprint density at radius 2 is 2.00 bits per heavy atom. The summed E-state index contributed by atoms with van der Waals surface area (Å²) in [6.07, 6.45) is 0. The normalized spacial score (nSPS) is 29.5. The maximum atomic E-state index is 5.60. The van der Waals surface area contributed by atoms with E-state index in [9.17, 15) is 0 Å². The van der Waals surface area contributed by atoms with E-state index >= 15 is 0 Å². The molecule has 0 bridgehead atoms. The van der Waals surface area contributed by atoms with E-state index in [1.54, 1.807) is 0 Å². The summed E-state index contributed by atoms with van der Waals surface area (Å²) in [6.45, 7) is 12.8. The van der Waals surface area contributed by atoms with E-state index in [0.29, 0.717) is 0 Å². The lowest BCUT2D eigenvalue weighted by Crippen LogP contribution is -2.56. The largest absolute Gasteiger partial charge is 0.428 e. The van der Waals surface area contributed by atoms with Gasteiger partial charge in [0, 0.05) is 6.61 Å². The molecule has 1 nitrogen and oxygen atoms in total. The molecule has 1 rings (SSSR count). The lowest BCUT2D eigenvalue weighted by Gasteiger charge is -2.34. The Labute approximate surface area is 79.0 Å². The lowest BCUT2D eigenvalue weighted by atomic mass is 10.9. The van der Waals surface area contributed by atoms with Crippen LogP contribution in [-0.2, 0) is 4.43 Å². The zero-order valence-electron chi connectivity index (χ0n) is 7.46. The van der Waals surface area contributed by atoms with E-state index in [0.717, 1.165) is 6.61 Å². The standard InChI is InChI=1S/C8H16OSi3/c1-4-11-10-9-7-8-12(11,5-2)6-3/h4-6,11H,1-3,7-8,10H2. The quantitative estimate of drug-likeness (QED) is 0.620. The molecule has 0 N–H and O–H groups in total. The maximum absolute atomic E-state index is 5.60. The van der Waals surface area contributed by atoms with Crippen molar-refractivity contribution in [1.29, 1.82) is 0 Å². The second-order valence-electron chi connectivity index (χ2n) is 3.19. The van der Waals surface area contributed by atoms with Crippen LogP contribution in [0.1, 0.15) is 0 Å². The molecule has 0 spiro atoms. The molecule has 1 unspecified atom stereocenters. The van der Waals surface area contributed by atoms with E-state index < -0.39 is 15.4 Å². The van der Waals surface area contributed by atoms with Crippen LogP contribution < -0.4 is 0 Å². The van der Waals surface area contributed by atoms with Crippen LogP contribution in [0.5, 0.6) is 0 Å². The smallest absolute Gasteiger partial charge is 0.150 e. The predicted octanol–water partition coefficient (Wildman–Crippen LogP) is 0.527. The summed E-state index contributed by atoms with van der Waals surface area (Å²) in [4.78, 5) is 0. The van der Waals surface area contributed by atoms with Gasteiger partial charge in [-0.25, -0.2) is 0 Å². The minimum Gasteiger partial charge on any atom is -0.428 e. The van der Waals surface area contributed by atoms with Crippen molar-refractivity contribution in [3.63, 3.8) is 0 Å². The van der Waals surface area contributed by atoms with Gasteiger partial charge in [0.2, 0.25) is 0 Å². The number of hydrogen-bond donors (Lipinski definition) is 0. The fourth-order valence-electron chi connectivity index (χ4n) is 1.68. The van der Waals surface area contributed by atoms with Gasteiger partial charge in [-0.3, -0.25) is 0 Å². The first kappa shape index (κ1) is 9.92. The average Bonchev–Trinajstić information content (AvgIpc) is 2.17. The van der Waals surface area contributed by atoms with Gasteiger partial charge in [-0.15, -0.1) is 25.4 Å². The van der Waals surface area contributed by atoms with E-state index in [1.165, 1.54) is 6.04 Å². The fourth-order valence-corrected chi connectivity index (χ4v) is 21.4. The van der Waals surface area contributed by atoms with Crippen molar-refractivity contribution in [2.45, 2.75) is 6.04 Å². The first-order chi connectivity index (χ1) is 5.79. The van der Waals surface area contributed by atoms with Crippen LogP contribution in [0.15, 0.2) is 36.8 Å². The highest BCUT2D eigenvalue weighted by molar-refractivity contribution is 7.56. The summed E-state index contributed by atoms with van der Waals surface area (Å²) in [7, 11) is -2.31. The van der Waals surface area contributed by atoms with E-state index in [1.807, 2.05) is 0 Å². The predicted molar refractivity (Wildman–Crippen MR) is 62.8 cm³/mol. The van der Waals surface area contributed by atoms with Gasteiger partial charge < -0.3 is 4.43 Å². The molecule has 12 heavy (non-hydrogen) atoms. The maximum Gasteiger partial charge on any atom is 0.150 e. The SMILES string of the molecule is C=C[SiH]1[SiH2]OCC[Si]1(C=C)C=C. The van der Waals surface area contributed by atoms with Crippen LogP contribution >= 0.6 is 0 Å². The van der Waals surface area contributed by atoms with Gasteiger partial charge in [-0.05, 0) is 6.04 Å². The molecule has 0 amide bonds. The third-order valence-corrected chi connectivity index (χ3v) is 26.4. The van der Waals surface area contributed by atoms with Crippen molar-refractivity contribution >= 4 is 24.7 Å². The molecule has 0 radical (unpaired) electrons. The molecule has 0 aromatic carbocycles. The molecule has 1 heterocycles. The van der Waals surface area contributed by atoms with Crippen LogP contribution in [0.2, 0.25) is 6.04 Å². The molecule has 0 aromatic rings. The molecule has 1 aliphatic rings. The fraction of sp³-hybridized carbons (Fsp3) is 0.250. The Hall–Kier alpha value is -0.169. The van der Waals surface area contributed by atoms with Crippen LogP contribution in [0, 0.1) is 0 Å². The van der Waals surface area contributed by atoms with Gasteiger partial charge >= 0.3 is 0 Å². The molecular weight excluding hydrogens is 196 g/mol. The molecular formula is C8H16OSi3. The van der Waals surface area contributed by atoms with E-state index in [-0.39, 0.29) is 9.28 Å². The topological polar surface area (TPSA) is 9.23 Å². The van der Waals surface area contributed by atoms with Crippen LogP contribution in [0.3, 0.4) is 0 Å². The third kappa shape index (κ3) is 1.61. The summed E-state index contributed by atoms with van der Waals surface area (Å²) in [5.41, 5.74) is 6.60. The van der Waals surface area contributed by atoms with Crippen LogP contribution in [-0.4, -0.2) is 31.3 Å². The number of rotatable bonds is 3. The zero-order chi connectivity index (χ0) is 9.03. The Balaban J connectivity index is 2.86. The van der Waals surface area contributed by atoms with Gasteiger partial charge in [0.15, 0.2) is 0 Å². The van der Waals surface area contributed by atoms with Crippen molar-refractivity contribution < 1.29 is 4.43 Å². The summed E-state index contributed by atoms with van der Waals surface area (Å²) in [5.74, 6) is 0. The van der Waals surface area contributed by atoms with Crippen molar-refractivity contribution in [3.8, 4) is 0 Å². The molecule has 1 saturated heterocycles. The summed E-state index contributed by atoms with van der Waals surface area (Å²) in [6, 6.07) is 1.20. The van der Waals surface area contributed by atoms with Crippen molar-refractivity contribution in [2.24, 2.45) is 0 Å². The van der Waals surface area contributed by atoms with Gasteiger partial charge in [-0.1, -0.05) is 11.4 Å². The molecule has 0 aromatic heterocycles. The van der Waals surface area contributed by atoms with E-state index in [4.69, 9.17) is 4.43 Å². The minimum absolute atomic E-state index is 0.264. The molecule has 0 saturated carbocycles. The van der Waals surface area contributed by atoms with Crippen molar-refractivity contribution in [1.82, 2.24) is 0 Å². The van der Waals surface area contributed by atoms with Crippen LogP contribution in [0.4, 0.5) is 0 Å². The lowest BCUT2D eigenvalue weighted by molar-refractivity contribution is 0.366. The average molecular weight is 212 g/mol. The monoisotopic (exact) mass is 212 g/mol. The first-order valence-electron chi connectivity index (χ1n) is 4.26. The highest BCUT2D eigenvalue weighted by Crippen LogP contribution is 2.20. The second kappa shape index (κ2) is 4.18. The Morgan fingerprint density at radius 1 is 1.33 bits per heavy atom. The molecule has 4 heteroatoms. The Bertz CT molecular complexity index is 194. The van der Waals surface area contributed by atoms with E-state index in [2.05, 4.69) is 36.8 Å². The van der Waals surface area contributed by atoms with Gasteiger partial charge in [-0.2, -0.15) is 0 Å². The Morgan fingerprint density at radius 3 is 2.42 bits per heavy atom. The molecule has 66 valence electrons. The zero-order valence-corrected chi connectivity index (χ0v) is 11.0. The molecule has 1 fully saturated rings. The third-order valence-electron chi connectivity index (χ3n) is 2.71. The minimum atomic E-state index is -1.27. The molecule has 1 aliphatic heterocycles. The molecule has 0 aliphatic carbocycles. The second-order valence-corrected chi connectivity index (χ2v) is 20.7. The molecule has 1 atom stereocenters. The first-order valence-corrected chi connectivity index (χ1v) is 12.9. The highest BCUT2D eigenvalue weighted by atomic mass is 29.6. The summed E-state index contributed by atoms with van der Waals surface area (Å²) in [5, 5.41) is 0.